The molecule has 4 aliphatic carbocycles. The first-order valence-corrected chi connectivity index (χ1v) is 15.8. The second-order valence-electron chi connectivity index (χ2n) is 14.5. The summed E-state index contributed by atoms with van der Waals surface area (Å²) in [4.78, 5) is 36.7. The van der Waals surface area contributed by atoms with Gasteiger partial charge in [-0.25, -0.2) is 4.79 Å². The van der Waals surface area contributed by atoms with E-state index >= 15 is 0 Å². The minimum Gasteiger partial charge on any atom is -0.458 e. The number of hydrogen-bond acceptors (Lipinski definition) is 4. The van der Waals surface area contributed by atoms with Crippen LogP contribution in [0.1, 0.15) is 112 Å². The number of carbonyl (C=O) groups excluding carboxylic acids is 3. The molecule has 216 valence electrons. The monoisotopic (exact) mass is 537 g/mol. The van der Waals surface area contributed by atoms with Gasteiger partial charge in [-0.3, -0.25) is 9.59 Å². The van der Waals surface area contributed by atoms with Gasteiger partial charge in [0.25, 0.3) is 0 Å². The molecule has 1 aliphatic heterocycles. The average Bonchev–Trinajstić information content (AvgIpc) is 3.36. The molecule has 4 saturated carbocycles. The van der Waals surface area contributed by atoms with E-state index in [-0.39, 0.29) is 45.6 Å². The summed E-state index contributed by atoms with van der Waals surface area (Å²) in [6, 6.07) is 0. The standard InChI is InChI=1S/C34H51NO4/c1-7-8-18-35-28(37)13-15-34-21-33(34)17-16-31(5)25(23(3)11-9-10-22(2)20-36)12-14-32(31,6)27(33)19-26-29(34)24(4)30(38)39-26/h10,20,23,25-27,29H,4,7-9,11-19,21H2,1-3,5-6H3,(H,35,37). The minimum atomic E-state index is -0.207. The van der Waals surface area contributed by atoms with E-state index in [1.54, 1.807) is 0 Å². The fourth-order valence-electron chi connectivity index (χ4n) is 10.8. The molecular formula is C34H51NO4. The van der Waals surface area contributed by atoms with Crippen LogP contribution < -0.4 is 5.32 Å². The number of esters is 1. The lowest BCUT2D eigenvalue weighted by Gasteiger charge is -2.61. The Labute approximate surface area is 236 Å². The van der Waals surface area contributed by atoms with Gasteiger partial charge in [0.1, 0.15) is 12.4 Å². The van der Waals surface area contributed by atoms with Crippen LogP contribution in [0.4, 0.5) is 0 Å². The third-order valence-corrected chi connectivity index (χ3v) is 13.1. The summed E-state index contributed by atoms with van der Waals surface area (Å²) >= 11 is 0. The molecule has 1 saturated heterocycles. The third-order valence-electron chi connectivity index (χ3n) is 13.1. The van der Waals surface area contributed by atoms with Crippen LogP contribution in [-0.4, -0.2) is 30.8 Å². The van der Waals surface area contributed by atoms with Crippen LogP contribution in [-0.2, 0) is 19.1 Å². The molecule has 5 aliphatic rings. The molecule has 0 aromatic carbocycles. The SMILES string of the molecule is C=C1C(=O)OC2CC3C4(C)CCC(C(C)CCC=C(C)C=O)C4(C)CCC34CC4(CCC(=O)NCCCC)C12. The predicted octanol–water partition coefficient (Wildman–Crippen LogP) is 6.96. The van der Waals surface area contributed by atoms with Gasteiger partial charge in [-0.15, -0.1) is 0 Å². The van der Waals surface area contributed by atoms with E-state index < -0.39 is 0 Å². The normalized spacial score (nSPS) is 43.1. The third kappa shape index (κ3) is 4.19. The number of fused-ring (bicyclic) bond motifs is 4. The highest BCUT2D eigenvalue weighted by molar-refractivity contribution is 5.91. The van der Waals surface area contributed by atoms with E-state index in [1.165, 1.54) is 25.7 Å². The number of ether oxygens (including phenoxy) is 1. The Balaban J connectivity index is 1.39. The topological polar surface area (TPSA) is 72.5 Å². The van der Waals surface area contributed by atoms with Crippen molar-refractivity contribution in [2.75, 3.05) is 6.54 Å². The molecule has 5 rings (SSSR count). The molecule has 1 heterocycles. The molecule has 0 aromatic rings. The number of allylic oxidation sites excluding steroid dienone is 2. The Morgan fingerprint density at radius 2 is 2.00 bits per heavy atom. The van der Waals surface area contributed by atoms with Crippen LogP contribution in [0.5, 0.6) is 0 Å². The average molecular weight is 538 g/mol. The second kappa shape index (κ2) is 10.2. The Morgan fingerprint density at radius 1 is 1.23 bits per heavy atom. The van der Waals surface area contributed by atoms with Gasteiger partial charge in [0.15, 0.2) is 0 Å². The Bertz CT molecular complexity index is 1060. The highest BCUT2D eigenvalue weighted by Crippen LogP contribution is 2.88. The van der Waals surface area contributed by atoms with Gasteiger partial charge in [0.05, 0.1) is 0 Å². The van der Waals surface area contributed by atoms with Crippen molar-refractivity contribution >= 4 is 18.2 Å². The lowest BCUT2D eigenvalue weighted by atomic mass is 9.43. The zero-order valence-electron chi connectivity index (χ0n) is 25.1. The van der Waals surface area contributed by atoms with E-state index in [0.717, 1.165) is 63.3 Å². The van der Waals surface area contributed by atoms with E-state index in [1.807, 2.05) is 6.92 Å². The summed E-state index contributed by atoms with van der Waals surface area (Å²) in [5.74, 6) is 1.80. The van der Waals surface area contributed by atoms with Gasteiger partial charge in [-0.1, -0.05) is 46.8 Å². The van der Waals surface area contributed by atoms with E-state index in [9.17, 15) is 14.4 Å². The van der Waals surface area contributed by atoms with Gasteiger partial charge in [0, 0.05) is 24.5 Å². The van der Waals surface area contributed by atoms with Crippen molar-refractivity contribution in [1.82, 2.24) is 5.32 Å². The molecule has 1 spiro atoms. The second-order valence-corrected chi connectivity index (χ2v) is 14.5. The zero-order chi connectivity index (χ0) is 28.2. The molecule has 5 fully saturated rings. The number of carbonyl (C=O) groups is 3. The maximum atomic E-state index is 12.8. The molecular weight excluding hydrogens is 486 g/mol. The first-order chi connectivity index (χ1) is 18.5. The van der Waals surface area contributed by atoms with Crippen molar-refractivity contribution in [3.8, 4) is 0 Å². The highest BCUT2D eigenvalue weighted by Gasteiger charge is 2.83. The van der Waals surface area contributed by atoms with E-state index in [2.05, 4.69) is 45.7 Å². The predicted molar refractivity (Wildman–Crippen MR) is 154 cm³/mol. The van der Waals surface area contributed by atoms with Crippen molar-refractivity contribution < 1.29 is 19.1 Å². The highest BCUT2D eigenvalue weighted by atomic mass is 16.6. The fourth-order valence-corrected chi connectivity index (χ4v) is 10.8. The van der Waals surface area contributed by atoms with E-state index in [0.29, 0.717) is 29.7 Å². The van der Waals surface area contributed by atoms with Crippen molar-refractivity contribution in [3.05, 3.63) is 23.8 Å². The molecule has 9 atom stereocenters. The van der Waals surface area contributed by atoms with Gasteiger partial charge in [-0.05, 0) is 116 Å². The van der Waals surface area contributed by atoms with E-state index in [4.69, 9.17) is 4.74 Å². The maximum absolute atomic E-state index is 12.8. The summed E-state index contributed by atoms with van der Waals surface area (Å²) in [6.07, 6.45) is 15.5. The first-order valence-electron chi connectivity index (χ1n) is 15.8. The van der Waals surface area contributed by atoms with Crippen molar-refractivity contribution in [2.24, 2.45) is 45.3 Å². The number of aldehydes is 1. The summed E-state index contributed by atoms with van der Waals surface area (Å²) in [5, 5.41) is 3.12. The van der Waals surface area contributed by atoms with Crippen LogP contribution in [0.25, 0.3) is 0 Å². The summed E-state index contributed by atoms with van der Waals surface area (Å²) in [7, 11) is 0. The van der Waals surface area contributed by atoms with Gasteiger partial charge < -0.3 is 10.1 Å². The molecule has 9 unspecified atom stereocenters. The van der Waals surface area contributed by atoms with Crippen molar-refractivity contribution in [3.63, 3.8) is 0 Å². The number of amides is 1. The largest absolute Gasteiger partial charge is 0.458 e. The van der Waals surface area contributed by atoms with Gasteiger partial charge >= 0.3 is 5.97 Å². The number of hydrogen-bond donors (Lipinski definition) is 1. The van der Waals surface area contributed by atoms with Crippen LogP contribution in [0.15, 0.2) is 23.8 Å². The van der Waals surface area contributed by atoms with Crippen LogP contribution in [0.2, 0.25) is 0 Å². The quantitative estimate of drug-likeness (QED) is 0.134. The maximum Gasteiger partial charge on any atom is 0.334 e. The number of unbranched alkanes of at least 4 members (excludes halogenated alkanes) is 1. The minimum absolute atomic E-state index is 0.0306. The fraction of sp³-hybridized carbons (Fsp3) is 0.794. The molecule has 5 nitrogen and oxygen atoms in total. The van der Waals surface area contributed by atoms with Gasteiger partial charge in [-0.2, -0.15) is 0 Å². The molecule has 0 bridgehead atoms. The zero-order valence-corrected chi connectivity index (χ0v) is 25.1. The van der Waals surface area contributed by atoms with Crippen LogP contribution in [0, 0.1) is 45.3 Å². The Morgan fingerprint density at radius 3 is 2.72 bits per heavy atom. The molecule has 1 N–H and O–H groups in total. The number of rotatable bonds is 11. The molecule has 1 amide bonds. The summed E-state index contributed by atoms with van der Waals surface area (Å²) in [6.45, 7) is 16.6. The summed E-state index contributed by atoms with van der Waals surface area (Å²) in [5.41, 5.74) is 2.12. The summed E-state index contributed by atoms with van der Waals surface area (Å²) < 4.78 is 6.04. The Hall–Kier alpha value is -1.91. The van der Waals surface area contributed by atoms with Crippen LogP contribution in [0.3, 0.4) is 0 Å². The van der Waals surface area contributed by atoms with Crippen molar-refractivity contribution in [1.29, 1.82) is 0 Å². The van der Waals surface area contributed by atoms with Gasteiger partial charge in [0.2, 0.25) is 5.91 Å². The molecule has 0 radical (unpaired) electrons. The van der Waals surface area contributed by atoms with Crippen molar-refractivity contribution in [2.45, 2.75) is 118 Å². The lowest BCUT2D eigenvalue weighted by Crippen LogP contribution is -2.56. The first kappa shape index (κ1) is 28.6. The Kier molecular flexibility index (Phi) is 7.46. The molecule has 0 aromatic heterocycles. The lowest BCUT2D eigenvalue weighted by molar-refractivity contribution is -0.157. The van der Waals surface area contributed by atoms with Crippen LogP contribution >= 0.6 is 0 Å². The molecule has 5 heteroatoms. The smallest absolute Gasteiger partial charge is 0.334 e. The molecule has 39 heavy (non-hydrogen) atoms. The number of nitrogens with one attached hydrogen (secondary N) is 1.